The van der Waals surface area contributed by atoms with Gasteiger partial charge in [0.1, 0.15) is 6.10 Å². The van der Waals surface area contributed by atoms with Crippen LogP contribution in [0.3, 0.4) is 0 Å². The van der Waals surface area contributed by atoms with Crippen molar-refractivity contribution in [3.8, 4) is 0 Å². The van der Waals surface area contributed by atoms with Crippen molar-refractivity contribution < 1.29 is 9.53 Å². The molecule has 1 aromatic rings. The fraction of sp³-hybridized carbons (Fsp3) is 0.583. The first kappa shape index (κ1) is 12.5. The Hall–Kier alpha value is -0.910. The van der Waals surface area contributed by atoms with Gasteiger partial charge >= 0.3 is 0 Å². The molecule has 3 N–H and O–H groups in total. The van der Waals surface area contributed by atoms with Crippen LogP contribution >= 0.6 is 11.3 Å². The van der Waals surface area contributed by atoms with Crippen molar-refractivity contribution in [3.63, 3.8) is 0 Å². The summed E-state index contributed by atoms with van der Waals surface area (Å²) in [4.78, 5) is 13.1. The predicted octanol–water partition coefficient (Wildman–Crippen LogP) is 1.43. The Balaban J connectivity index is 1.85. The molecule has 1 saturated heterocycles. The molecule has 0 aromatic carbocycles. The van der Waals surface area contributed by atoms with Gasteiger partial charge in [-0.05, 0) is 31.2 Å². The summed E-state index contributed by atoms with van der Waals surface area (Å²) in [5.74, 6) is -0.0261. The van der Waals surface area contributed by atoms with Crippen molar-refractivity contribution in [3.05, 3.63) is 22.4 Å². The molecular formula is C12H18N2O2S. The Labute approximate surface area is 105 Å². The lowest BCUT2D eigenvalue weighted by Crippen LogP contribution is -2.36. The van der Waals surface area contributed by atoms with Gasteiger partial charge in [0.2, 0.25) is 5.91 Å². The summed E-state index contributed by atoms with van der Waals surface area (Å²) >= 11 is 1.65. The zero-order valence-electron chi connectivity index (χ0n) is 9.89. The van der Waals surface area contributed by atoms with Gasteiger partial charge in [0.15, 0.2) is 0 Å². The average Bonchev–Trinajstić information content (AvgIpc) is 3.00. The highest BCUT2D eigenvalue weighted by molar-refractivity contribution is 7.10. The van der Waals surface area contributed by atoms with E-state index in [1.165, 1.54) is 0 Å². The highest BCUT2D eigenvalue weighted by Gasteiger charge is 2.30. The summed E-state index contributed by atoms with van der Waals surface area (Å²) < 4.78 is 5.56. The van der Waals surface area contributed by atoms with Gasteiger partial charge in [0.25, 0.3) is 0 Å². The van der Waals surface area contributed by atoms with Gasteiger partial charge in [-0.3, -0.25) is 4.79 Å². The third-order valence-electron chi connectivity index (χ3n) is 2.99. The average molecular weight is 254 g/mol. The number of rotatable bonds is 4. The van der Waals surface area contributed by atoms with Crippen LogP contribution in [0.4, 0.5) is 0 Å². The molecule has 0 radical (unpaired) electrons. The summed E-state index contributed by atoms with van der Waals surface area (Å²) in [6, 6.07) is 4.05. The predicted molar refractivity (Wildman–Crippen MR) is 67.8 cm³/mol. The second-order valence-corrected chi connectivity index (χ2v) is 5.28. The van der Waals surface area contributed by atoms with Crippen LogP contribution < -0.4 is 11.1 Å². The number of thiophene rings is 1. The number of carbonyl (C=O) groups is 1. The van der Waals surface area contributed by atoms with E-state index < -0.39 is 0 Å². The summed E-state index contributed by atoms with van der Waals surface area (Å²) in [7, 11) is 0. The molecule has 0 bridgehead atoms. The molecule has 1 aliphatic rings. The Morgan fingerprint density at radius 3 is 3.12 bits per heavy atom. The van der Waals surface area contributed by atoms with Crippen molar-refractivity contribution in [2.24, 2.45) is 5.73 Å². The topological polar surface area (TPSA) is 64.4 Å². The second-order valence-electron chi connectivity index (χ2n) is 4.31. The number of amides is 1. The zero-order valence-corrected chi connectivity index (χ0v) is 10.7. The number of nitrogens with one attached hydrogen (secondary N) is 1. The molecule has 0 aliphatic carbocycles. The highest BCUT2D eigenvalue weighted by Crippen LogP contribution is 2.22. The summed E-state index contributed by atoms with van der Waals surface area (Å²) in [6.07, 6.45) is 1.36. The van der Waals surface area contributed by atoms with E-state index in [-0.39, 0.29) is 24.2 Å². The molecule has 3 atom stereocenters. The molecule has 0 spiro atoms. The number of hydrogen-bond acceptors (Lipinski definition) is 4. The standard InChI is InChI=1S/C12H18N2O2S/c1-8(11-3-2-6-17-11)14-12(15)10-5-4-9(7-13)16-10/h2-3,6,8-10H,4-5,7,13H2,1H3,(H,14,15). The summed E-state index contributed by atoms with van der Waals surface area (Å²) in [6.45, 7) is 2.48. The number of hydrogen-bond donors (Lipinski definition) is 2. The molecule has 2 heterocycles. The smallest absolute Gasteiger partial charge is 0.249 e. The van der Waals surface area contributed by atoms with Crippen LogP contribution in [0.2, 0.25) is 0 Å². The van der Waals surface area contributed by atoms with Gasteiger partial charge in [-0.2, -0.15) is 0 Å². The molecule has 2 rings (SSSR count). The first-order valence-corrected chi connectivity index (χ1v) is 6.78. The number of nitrogens with two attached hydrogens (primary N) is 1. The molecule has 1 amide bonds. The fourth-order valence-corrected chi connectivity index (χ4v) is 2.72. The van der Waals surface area contributed by atoms with Crippen molar-refractivity contribution >= 4 is 17.2 Å². The molecular weight excluding hydrogens is 236 g/mol. The maximum absolute atomic E-state index is 11.9. The molecule has 0 saturated carbocycles. The first-order valence-electron chi connectivity index (χ1n) is 5.90. The van der Waals surface area contributed by atoms with Gasteiger partial charge in [-0.1, -0.05) is 6.07 Å². The largest absolute Gasteiger partial charge is 0.364 e. The Morgan fingerprint density at radius 1 is 1.71 bits per heavy atom. The van der Waals surface area contributed by atoms with Crippen LogP contribution in [0.1, 0.15) is 30.7 Å². The molecule has 4 nitrogen and oxygen atoms in total. The van der Waals surface area contributed by atoms with E-state index in [4.69, 9.17) is 10.5 Å². The maximum Gasteiger partial charge on any atom is 0.249 e. The van der Waals surface area contributed by atoms with Gasteiger partial charge in [0.05, 0.1) is 12.1 Å². The van der Waals surface area contributed by atoms with E-state index >= 15 is 0 Å². The van der Waals surface area contributed by atoms with E-state index in [0.29, 0.717) is 6.54 Å². The van der Waals surface area contributed by atoms with Gasteiger partial charge in [0, 0.05) is 11.4 Å². The monoisotopic (exact) mass is 254 g/mol. The van der Waals surface area contributed by atoms with E-state index in [0.717, 1.165) is 17.7 Å². The summed E-state index contributed by atoms with van der Waals surface area (Å²) in [5.41, 5.74) is 5.52. The van der Waals surface area contributed by atoms with Crippen LogP contribution in [0.5, 0.6) is 0 Å². The number of carbonyl (C=O) groups excluding carboxylic acids is 1. The SMILES string of the molecule is CC(NC(=O)C1CCC(CN)O1)c1cccs1. The van der Waals surface area contributed by atoms with E-state index in [9.17, 15) is 4.79 Å². The van der Waals surface area contributed by atoms with Crippen molar-refractivity contribution in [1.29, 1.82) is 0 Å². The van der Waals surface area contributed by atoms with Crippen LogP contribution in [0, 0.1) is 0 Å². The normalized spacial score (nSPS) is 25.8. The van der Waals surface area contributed by atoms with Crippen LogP contribution in [-0.4, -0.2) is 24.7 Å². The molecule has 1 aromatic heterocycles. The Kier molecular flexibility index (Phi) is 4.15. The van der Waals surface area contributed by atoms with Crippen molar-refractivity contribution in [2.75, 3.05) is 6.54 Å². The minimum atomic E-state index is -0.328. The molecule has 94 valence electrons. The molecule has 5 heteroatoms. The number of ether oxygens (including phenoxy) is 1. The Morgan fingerprint density at radius 2 is 2.53 bits per heavy atom. The molecule has 1 aliphatic heterocycles. The fourth-order valence-electron chi connectivity index (χ4n) is 1.99. The van der Waals surface area contributed by atoms with Crippen LogP contribution in [0.25, 0.3) is 0 Å². The van der Waals surface area contributed by atoms with Crippen molar-refractivity contribution in [2.45, 2.75) is 38.0 Å². The minimum Gasteiger partial charge on any atom is -0.364 e. The molecule has 1 fully saturated rings. The zero-order chi connectivity index (χ0) is 12.3. The minimum absolute atomic E-state index is 0.0261. The lowest BCUT2D eigenvalue weighted by Gasteiger charge is -2.16. The van der Waals surface area contributed by atoms with Crippen molar-refractivity contribution in [1.82, 2.24) is 5.32 Å². The van der Waals surface area contributed by atoms with E-state index in [1.54, 1.807) is 11.3 Å². The second kappa shape index (κ2) is 5.62. The molecule has 3 unspecified atom stereocenters. The van der Waals surface area contributed by atoms with Crippen LogP contribution in [0.15, 0.2) is 17.5 Å². The summed E-state index contributed by atoms with van der Waals surface area (Å²) in [5, 5.41) is 4.98. The van der Waals surface area contributed by atoms with E-state index in [2.05, 4.69) is 5.32 Å². The molecule has 17 heavy (non-hydrogen) atoms. The van der Waals surface area contributed by atoms with Gasteiger partial charge < -0.3 is 15.8 Å². The van der Waals surface area contributed by atoms with Crippen LogP contribution in [-0.2, 0) is 9.53 Å². The third-order valence-corrected chi connectivity index (χ3v) is 4.05. The van der Waals surface area contributed by atoms with Gasteiger partial charge in [-0.15, -0.1) is 11.3 Å². The van der Waals surface area contributed by atoms with Gasteiger partial charge in [-0.25, -0.2) is 0 Å². The maximum atomic E-state index is 11.9. The quantitative estimate of drug-likeness (QED) is 0.854. The first-order chi connectivity index (χ1) is 8.20. The Bertz CT molecular complexity index is 367. The lowest BCUT2D eigenvalue weighted by molar-refractivity contribution is -0.132. The van der Waals surface area contributed by atoms with E-state index in [1.807, 2.05) is 24.4 Å². The third kappa shape index (κ3) is 3.06. The highest BCUT2D eigenvalue weighted by atomic mass is 32.1. The lowest BCUT2D eigenvalue weighted by atomic mass is 10.2.